The molecular weight excluding hydrogens is 236 g/mol. The van der Waals surface area contributed by atoms with E-state index in [1.807, 2.05) is 68.4 Å². The Kier molecular flexibility index (Phi) is 4.35. The maximum absolute atomic E-state index is 11.8. The van der Waals surface area contributed by atoms with Crippen molar-refractivity contribution < 1.29 is 9.53 Å². The first kappa shape index (κ1) is 13.3. The Bertz CT molecular complexity index is 544. The van der Waals surface area contributed by atoms with Gasteiger partial charge in [0.2, 0.25) is 0 Å². The first-order valence-corrected chi connectivity index (χ1v) is 6.52. The standard InChI is InChI=1S/C17H18O2/c1-13(2)12-17(18)19-16-11-7-6-10-15(16)14-8-4-3-5-9-14/h3-11,13H,12H2,1-2H3. The molecule has 98 valence electrons. The van der Waals surface area contributed by atoms with E-state index in [2.05, 4.69) is 0 Å². The Balaban J connectivity index is 2.25. The van der Waals surface area contributed by atoms with Crippen molar-refractivity contribution in [3.63, 3.8) is 0 Å². The summed E-state index contributed by atoms with van der Waals surface area (Å²) in [5, 5.41) is 0. The van der Waals surface area contributed by atoms with Crippen molar-refractivity contribution in [3.8, 4) is 16.9 Å². The fourth-order valence-corrected chi connectivity index (χ4v) is 1.91. The highest BCUT2D eigenvalue weighted by atomic mass is 16.5. The summed E-state index contributed by atoms with van der Waals surface area (Å²) in [4.78, 5) is 11.8. The number of carbonyl (C=O) groups is 1. The second-order valence-corrected chi connectivity index (χ2v) is 4.93. The number of ether oxygens (including phenoxy) is 1. The predicted molar refractivity (Wildman–Crippen MR) is 77.0 cm³/mol. The van der Waals surface area contributed by atoms with Crippen LogP contribution < -0.4 is 4.74 Å². The van der Waals surface area contributed by atoms with Crippen molar-refractivity contribution in [1.29, 1.82) is 0 Å². The molecule has 2 aromatic carbocycles. The van der Waals surface area contributed by atoms with Gasteiger partial charge in [0.25, 0.3) is 0 Å². The van der Waals surface area contributed by atoms with E-state index >= 15 is 0 Å². The molecule has 0 aliphatic carbocycles. The van der Waals surface area contributed by atoms with E-state index in [-0.39, 0.29) is 5.97 Å². The molecule has 2 nitrogen and oxygen atoms in total. The molecule has 0 radical (unpaired) electrons. The fraction of sp³-hybridized carbons (Fsp3) is 0.235. The number of carbonyl (C=O) groups excluding carboxylic acids is 1. The van der Waals surface area contributed by atoms with Crippen LogP contribution in [0.3, 0.4) is 0 Å². The lowest BCUT2D eigenvalue weighted by Gasteiger charge is -2.11. The van der Waals surface area contributed by atoms with Gasteiger partial charge in [0.1, 0.15) is 5.75 Å². The Morgan fingerprint density at radius 3 is 2.32 bits per heavy atom. The van der Waals surface area contributed by atoms with Crippen LogP contribution in [0.1, 0.15) is 20.3 Å². The molecule has 0 heterocycles. The van der Waals surface area contributed by atoms with Crippen LogP contribution in [0, 0.1) is 5.92 Å². The molecule has 2 heteroatoms. The van der Waals surface area contributed by atoms with Gasteiger partial charge >= 0.3 is 5.97 Å². The maximum atomic E-state index is 11.8. The molecule has 0 spiro atoms. The molecule has 0 saturated carbocycles. The minimum Gasteiger partial charge on any atom is -0.426 e. The van der Waals surface area contributed by atoms with Crippen molar-refractivity contribution in [3.05, 3.63) is 54.6 Å². The van der Waals surface area contributed by atoms with E-state index in [0.717, 1.165) is 11.1 Å². The molecule has 0 fully saturated rings. The van der Waals surface area contributed by atoms with Gasteiger partial charge in [-0.25, -0.2) is 0 Å². The highest BCUT2D eigenvalue weighted by Gasteiger charge is 2.11. The van der Waals surface area contributed by atoms with E-state index < -0.39 is 0 Å². The summed E-state index contributed by atoms with van der Waals surface area (Å²) in [5.41, 5.74) is 2.00. The average Bonchev–Trinajstić information content (AvgIpc) is 2.39. The first-order chi connectivity index (χ1) is 9.16. The summed E-state index contributed by atoms with van der Waals surface area (Å²) in [7, 11) is 0. The van der Waals surface area contributed by atoms with E-state index in [9.17, 15) is 4.79 Å². The van der Waals surface area contributed by atoms with Gasteiger partial charge in [0, 0.05) is 12.0 Å². The van der Waals surface area contributed by atoms with Crippen LogP contribution in [0.2, 0.25) is 0 Å². The minimum atomic E-state index is -0.182. The number of para-hydroxylation sites is 1. The zero-order valence-corrected chi connectivity index (χ0v) is 11.3. The summed E-state index contributed by atoms with van der Waals surface area (Å²) in [6.07, 6.45) is 0.434. The molecule has 0 bridgehead atoms. The highest BCUT2D eigenvalue weighted by molar-refractivity contribution is 5.78. The molecule has 0 aliphatic heterocycles. The number of esters is 1. The van der Waals surface area contributed by atoms with Crippen LogP contribution in [0.15, 0.2) is 54.6 Å². The molecule has 0 aromatic heterocycles. The van der Waals surface area contributed by atoms with Crippen LogP contribution in [0.5, 0.6) is 5.75 Å². The van der Waals surface area contributed by atoms with Crippen LogP contribution in [0.4, 0.5) is 0 Å². The van der Waals surface area contributed by atoms with E-state index in [0.29, 0.717) is 18.1 Å². The molecule has 0 unspecified atom stereocenters. The van der Waals surface area contributed by atoms with Crippen LogP contribution >= 0.6 is 0 Å². The van der Waals surface area contributed by atoms with Crippen molar-refractivity contribution in [1.82, 2.24) is 0 Å². The van der Waals surface area contributed by atoms with Crippen molar-refractivity contribution >= 4 is 5.97 Å². The molecule has 0 amide bonds. The SMILES string of the molecule is CC(C)CC(=O)Oc1ccccc1-c1ccccc1. The zero-order valence-electron chi connectivity index (χ0n) is 11.3. The summed E-state index contributed by atoms with van der Waals surface area (Å²) < 4.78 is 5.47. The smallest absolute Gasteiger partial charge is 0.311 e. The number of benzene rings is 2. The largest absolute Gasteiger partial charge is 0.426 e. The van der Waals surface area contributed by atoms with E-state index in [4.69, 9.17) is 4.74 Å². The second kappa shape index (κ2) is 6.19. The molecular formula is C17H18O2. The van der Waals surface area contributed by atoms with Crippen molar-refractivity contribution in [2.45, 2.75) is 20.3 Å². The lowest BCUT2D eigenvalue weighted by Crippen LogP contribution is -2.11. The second-order valence-electron chi connectivity index (χ2n) is 4.93. The van der Waals surface area contributed by atoms with Gasteiger partial charge in [-0.1, -0.05) is 62.4 Å². The first-order valence-electron chi connectivity index (χ1n) is 6.52. The van der Waals surface area contributed by atoms with Crippen LogP contribution in [0.25, 0.3) is 11.1 Å². The number of hydrogen-bond acceptors (Lipinski definition) is 2. The molecule has 0 saturated heterocycles. The average molecular weight is 254 g/mol. The monoisotopic (exact) mass is 254 g/mol. The van der Waals surface area contributed by atoms with Crippen molar-refractivity contribution in [2.24, 2.45) is 5.92 Å². The maximum Gasteiger partial charge on any atom is 0.311 e. The van der Waals surface area contributed by atoms with E-state index in [1.165, 1.54) is 0 Å². The van der Waals surface area contributed by atoms with E-state index in [1.54, 1.807) is 0 Å². The van der Waals surface area contributed by atoms with Gasteiger partial charge in [-0.2, -0.15) is 0 Å². The zero-order chi connectivity index (χ0) is 13.7. The summed E-state index contributed by atoms with van der Waals surface area (Å²) in [6.45, 7) is 4.01. The van der Waals surface area contributed by atoms with Crippen LogP contribution in [-0.4, -0.2) is 5.97 Å². The predicted octanol–water partition coefficient (Wildman–Crippen LogP) is 4.31. The van der Waals surface area contributed by atoms with Gasteiger partial charge in [-0.05, 0) is 17.5 Å². The lowest BCUT2D eigenvalue weighted by atomic mass is 10.0. The Labute approximate surface area is 114 Å². The summed E-state index contributed by atoms with van der Waals surface area (Å²) >= 11 is 0. The van der Waals surface area contributed by atoms with Gasteiger partial charge in [0.15, 0.2) is 0 Å². The third kappa shape index (κ3) is 3.68. The van der Waals surface area contributed by atoms with Crippen molar-refractivity contribution in [2.75, 3.05) is 0 Å². The molecule has 0 aliphatic rings. The normalized spacial score (nSPS) is 10.5. The lowest BCUT2D eigenvalue weighted by molar-refractivity contribution is -0.135. The van der Waals surface area contributed by atoms with Gasteiger partial charge < -0.3 is 4.74 Å². The Morgan fingerprint density at radius 2 is 1.63 bits per heavy atom. The molecule has 19 heavy (non-hydrogen) atoms. The molecule has 0 N–H and O–H groups in total. The number of hydrogen-bond donors (Lipinski definition) is 0. The quantitative estimate of drug-likeness (QED) is 0.600. The third-order valence-corrected chi connectivity index (χ3v) is 2.77. The summed E-state index contributed by atoms with van der Waals surface area (Å²) in [5.74, 6) is 0.745. The Hall–Kier alpha value is -2.09. The molecule has 2 aromatic rings. The third-order valence-electron chi connectivity index (χ3n) is 2.77. The number of rotatable bonds is 4. The van der Waals surface area contributed by atoms with Crippen LogP contribution in [-0.2, 0) is 4.79 Å². The summed E-state index contributed by atoms with van der Waals surface area (Å²) in [6, 6.07) is 17.6. The fourth-order valence-electron chi connectivity index (χ4n) is 1.91. The topological polar surface area (TPSA) is 26.3 Å². The van der Waals surface area contributed by atoms with Gasteiger partial charge in [0.05, 0.1) is 0 Å². The molecule has 0 atom stereocenters. The van der Waals surface area contributed by atoms with Gasteiger partial charge in [-0.15, -0.1) is 0 Å². The highest BCUT2D eigenvalue weighted by Crippen LogP contribution is 2.29. The van der Waals surface area contributed by atoms with Gasteiger partial charge in [-0.3, -0.25) is 4.79 Å². The minimum absolute atomic E-state index is 0.182. The molecule has 2 rings (SSSR count). The Morgan fingerprint density at radius 1 is 1.00 bits per heavy atom.